The number of hydrogen-bond acceptors (Lipinski definition) is 3. The number of aromatic nitrogens is 1. The van der Waals surface area contributed by atoms with Gasteiger partial charge in [-0.2, -0.15) is 0 Å². The average molecular weight is 340 g/mol. The van der Waals surface area contributed by atoms with Gasteiger partial charge >= 0.3 is 0 Å². The van der Waals surface area contributed by atoms with Crippen molar-refractivity contribution in [2.75, 3.05) is 5.32 Å². The van der Waals surface area contributed by atoms with Gasteiger partial charge in [-0.15, -0.1) is 0 Å². The smallest absolute Gasteiger partial charge is 0.268 e. The maximum atomic E-state index is 12.5. The Morgan fingerprint density at radius 3 is 2.62 bits per heavy atom. The lowest BCUT2D eigenvalue weighted by Gasteiger charge is -2.16. The summed E-state index contributed by atoms with van der Waals surface area (Å²) >= 11 is 1.32. The van der Waals surface area contributed by atoms with Crippen molar-refractivity contribution in [2.45, 2.75) is 33.2 Å². The van der Waals surface area contributed by atoms with E-state index in [-0.39, 0.29) is 18.0 Å². The van der Waals surface area contributed by atoms with Gasteiger partial charge < -0.3 is 5.32 Å². The lowest BCUT2D eigenvalue weighted by atomic mass is 9.98. The molecule has 0 saturated carbocycles. The summed E-state index contributed by atoms with van der Waals surface area (Å²) in [6.07, 6.45) is 0. The number of rotatable bonds is 4. The summed E-state index contributed by atoms with van der Waals surface area (Å²) < 4.78 is 2.40. The molecule has 24 heavy (non-hydrogen) atoms. The highest BCUT2D eigenvalue weighted by atomic mass is 32.1. The minimum atomic E-state index is -0.181. The van der Waals surface area contributed by atoms with Crippen LogP contribution < -0.4 is 10.9 Å². The highest BCUT2D eigenvalue weighted by Crippen LogP contribution is 2.27. The Morgan fingerprint density at radius 2 is 1.92 bits per heavy atom. The molecule has 0 atom stereocenters. The van der Waals surface area contributed by atoms with Gasteiger partial charge in [0.05, 0.1) is 10.1 Å². The van der Waals surface area contributed by atoms with Crippen molar-refractivity contribution in [1.29, 1.82) is 0 Å². The van der Waals surface area contributed by atoms with Crippen LogP contribution in [0, 0.1) is 6.92 Å². The van der Waals surface area contributed by atoms with E-state index < -0.39 is 0 Å². The van der Waals surface area contributed by atoms with E-state index in [2.05, 4.69) is 19.2 Å². The van der Waals surface area contributed by atoms with Gasteiger partial charge in [-0.25, -0.2) is 0 Å². The number of amides is 1. The van der Waals surface area contributed by atoms with E-state index in [1.807, 2.05) is 43.3 Å². The summed E-state index contributed by atoms with van der Waals surface area (Å²) in [5, 5.41) is 3.65. The van der Waals surface area contributed by atoms with Gasteiger partial charge in [0.1, 0.15) is 6.54 Å². The van der Waals surface area contributed by atoms with Crippen LogP contribution in [-0.2, 0) is 11.3 Å². The fourth-order valence-electron chi connectivity index (χ4n) is 2.77. The van der Waals surface area contributed by atoms with Crippen molar-refractivity contribution in [3.8, 4) is 0 Å². The van der Waals surface area contributed by atoms with Gasteiger partial charge in [0, 0.05) is 5.69 Å². The molecule has 1 amide bonds. The predicted octanol–water partition coefficient (Wildman–Crippen LogP) is 4.13. The van der Waals surface area contributed by atoms with Crippen LogP contribution in [0.2, 0.25) is 0 Å². The molecule has 4 nitrogen and oxygen atoms in total. The molecule has 0 fully saturated rings. The number of anilines is 1. The monoisotopic (exact) mass is 340 g/mol. The maximum absolute atomic E-state index is 12.5. The maximum Gasteiger partial charge on any atom is 0.268 e. The fourth-order valence-corrected chi connectivity index (χ4v) is 3.77. The molecule has 3 aromatic rings. The van der Waals surface area contributed by atoms with Gasteiger partial charge in [0.15, 0.2) is 0 Å². The molecule has 0 bridgehead atoms. The van der Waals surface area contributed by atoms with Gasteiger partial charge in [-0.05, 0) is 36.1 Å². The Labute approximate surface area is 144 Å². The van der Waals surface area contributed by atoms with Crippen LogP contribution in [0.25, 0.3) is 10.1 Å². The van der Waals surface area contributed by atoms with Crippen LogP contribution in [-0.4, -0.2) is 9.86 Å². The van der Waals surface area contributed by atoms with E-state index in [1.54, 1.807) is 6.07 Å². The zero-order chi connectivity index (χ0) is 17.3. The van der Waals surface area contributed by atoms with Crippen LogP contribution in [0.3, 0.4) is 0 Å². The molecule has 3 rings (SSSR count). The van der Waals surface area contributed by atoms with Crippen molar-refractivity contribution in [1.82, 2.24) is 3.96 Å². The molecule has 124 valence electrons. The van der Waals surface area contributed by atoms with Crippen molar-refractivity contribution in [3.63, 3.8) is 0 Å². The Bertz CT molecular complexity index is 953. The molecule has 2 aromatic carbocycles. The van der Waals surface area contributed by atoms with Crippen LogP contribution >= 0.6 is 11.5 Å². The largest absolute Gasteiger partial charge is 0.324 e. The molecule has 0 saturated heterocycles. The summed E-state index contributed by atoms with van der Waals surface area (Å²) in [4.78, 5) is 24.8. The Morgan fingerprint density at radius 1 is 1.17 bits per heavy atom. The summed E-state index contributed by atoms with van der Waals surface area (Å²) in [5.74, 6) is 0.132. The molecule has 0 radical (unpaired) electrons. The third-order valence-electron chi connectivity index (χ3n) is 4.03. The second kappa shape index (κ2) is 6.61. The molecular weight excluding hydrogens is 320 g/mol. The normalized spacial score (nSPS) is 11.2. The summed E-state index contributed by atoms with van der Waals surface area (Å²) in [6, 6.07) is 13.4. The van der Waals surface area contributed by atoms with Gasteiger partial charge in [0.25, 0.3) is 5.56 Å². The summed E-state index contributed by atoms with van der Waals surface area (Å²) in [6.45, 7) is 6.21. The molecule has 0 aliphatic carbocycles. The highest BCUT2D eigenvalue weighted by Gasteiger charge is 2.14. The highest BCUT2D eigenvalue weighted by molar-refractivity contribution is 7.13. The Hall–Kier alpha value is -2.40. The van der Waals surface area contributed by atoms with E-state index in [0.29, 0.717) is 11.3 Å². The zero-order valence-electron chi connectivity index (χ0n) is 14.0. The molecule has 1 N–H and O–H groups in total. The second-order valence-corrected chi connectivity index (χ2v) is 7.23. The van der Waals surface area contributed by atoms with E-state index >= 15 is 0 Å². The standard InChI is InChI=1S/C19H20N2O2S/c1-12(2)14-9-6-7-13(3)18(14)20-17(22)11-21-19(23)15-8-4-5-10-16(15)24-21/h4-10,12H,11H2,1-3H3,(H,20,22). The number of nitrogens with zero attached hydrogens (tertiary/aromatic N) is 1. The topological polar surface area (TPSA) is 51.1 Å². The third-order valence-corrected chi connectivity index (χ3v) is 5.10. The van der Waals surface area contributed by atoms with Crippen molar-refractivity contribution in [3.05, 3.63) is 63.9 Å². The molecule has 5 heteroatoms. The minimum Gasteiger partial charge on any atom is -0.324 e. The van der Waals surface area contributed by atoms with E-state index in [9.17, 15) is 9.59 Å². The van der Waals surface area contributed by atoms with Crippen molar-refractivity contribution >= 4 is 33.2 Å². The lowest BCUT2D eigenvalue weighted by Crippen LogP contribution is -2.24. The Kier molecular flexibility index (Phi) is 4.53. The first-order valence-corrected chi connectivity index (χ1v) is 8.73. The second-order valence-electron chi connectivity index (χ2n) is 6.17. The van der Waals surface area contributed by atoms with Crippen LogP contribution in [0.5, 0.6) is 0 Å². The average Bonchev–Trinajstić information content (AvgIpc) is 2.85. The number of hydrogen-bond donors (Lipinski definition) is 1. The van der Waals surface area contributed by atoms with E-state index in [1.165, 1.54) is 15.5 Å². The van der Waals surface area contributed by atoms with E-state index in [0.717, 1.165) is 21.5 Å². The number of fused-ring (bicyclic) bond motifs is 1. The van der Waals surface area contributed by atoms with Crippen LogP contribution in [0.4, 0.5) is 5.69 Å². The summed E-state index contributed by atoms with van der Waals surface area (Å²) in [5.41, 5.74) is 2.87. The minimum absolute atomic E-state index is 0.0318. The molecule has 0 spiro atoms. The molecule has 1 heterocycles. The molecule has 1 aromatic heterocycles. The lowest BCUT2D eigenvalue weighted by molar-refractivity contribution is -0.116. The Balaban J connectivity index is 1.86. The summed E-state index contributed by atoms with van der Waals surface area (Å²) in [7, 11) is 0. The van der Waals surface area contributed by atoms with Gasteiger partial charge in [-0.1, -0.05) is 55.7 Å². The van der Waals surface area contributed by atoms with Gasteiger partial charge in [0.2, 0.25) is 5.91 Å². The van der Waals surface area contributed by atoms with Crippen LogP contribution in [0.15, 0.2) is 47.3 Å². The first-order chi connectivity index (χ1) is 11.5. The molecule has 0 unspecified atom stereocenters. The molecule has 0 aliphatic heterocycles. The number of carbonyl (C=O) groups excluding carboxylic acids is 1. The first-order valence-electron chi connectivity index (χ1n) is 7.95. The molecule has 0 aliphatic rings. The number of para-hydroxylation sites is 1. The number of nitrogens with one attached hydrogen (secondary N) is 1. The van der Waals surface area contributed by atoms with Crippen molar-refractivity contribution in [2.24, 2.45) is 0 Å². The molecular formula is C19H20N2O2S. The third kappa shape index (κ3) is 3.12. The number of carbonyl (C=O) groups is 1. The fraction of sp³-hybridized carbons (Fsp3) is 0.263. The first kappa shape index (κ1) is 16.5. The quantitative estimate of drug-likeness (QED) is 0.776. The number of benzene rings is 2. The number of aryl methyl sites for hydroxylation is 1. The zero-order valence-corrected chi connectivity index (χ0v) is 14.8. The van der Waals surface area contributed by atoms with E-state index in [4.69, 9.17) is 0 Å². The van der Waals surface area contributed by atoms with Crippen LogP contribution in [0.1, 0.15) is 30.9 Å². The SMILES string of the molecule is Cc1cccc(C(C)C)c1NC(=O)Cn1sc2ccccc2c1=O. The van der Waals surface area contributed by atoms with Gasteiger partial charge in [-0.3, -0.25) is 13.5 Å². The van der Waals surface area contributed by atoms with Crippen molar-refractivity contribution < 1.29 is 4.79 Å². The predicted molar refractivity (Wildman–Crippen MR) is 100.0 cm³/mol.